The molecule has 0 saturated carbocycles. The quantitative estimate of drug-likeness (QED) is 0.187. The summed E-state index contributed by atoms with van der Waals surface area (Å²) in [5, 5.41) is 21.0. The highest BCUT2D eigenvalue weighted by Crippen LogP contribution is 2.25. The molecule has 248 valence electrons. The molecule has 4 aromatic rings. The average molecular weight is 671 g/mol. The number of hydrogen-bond acceptors (Lipinski definition) is 6. The van der Waals surface area contributed by atoms with Gasteiger partial charge in [-0.3, -0.25) is 4.79 Å². The number of hydrogen-bond donors (Lipinski definition) is 4. The largest absolute Gasteiger partial charge is 0.490 e. The maximum Gasteiger partial charge on any atom is 0.490 e. The van der Waals surface area contributed by atoms with E-state index < -0.39 is 12.1 Å². The van der Waals surface area contributed by atoms with Crippen molar-refractivity contribution in [3.05, 3.63) is 105 Å². The van der Waals surface area contributed by atoms with Gasteiger partial charge in [0.1, 0.15) is 5.02 Å². The number of alkyl halides is 3. The minimum Gasteiger partial charge on any atom is -0.475 e. The van der Waals surface area contributed by atoms with E-state index in [-0.39, 0.29) is 35.2 Å². The van der Waals surface area contributed by atoms with Gasteiger partial charge in [0.2, 0.25) is 0 Å². The summed E-state index contributed by atoms with van der Waals surface area (Å²) in [5.41, 5.74) is 5.55. The molecule has 0 spiro atoms. The van der Waals surface area contributed by atoms with Gasteiger partial charge in [-0.05, 0) is 61.2 Å². The number of amides is 2. The molecular weight excluding hydrogens is 637 g/mol. The van der Waals surface area contributed by atoms with Crippen LogP contribution in [0.25, 0.3) is 11.1 Å². The standard InChI is InChI=1S/C31H33ClN6O2.C2HF3O2/c1-20-9-10-23(19-38-30(39)29(32)28(16-33-38)37-17-21(2)34-22(3)18-37)15-27(20)36-31(40)35-26-13-11-25(12-14-26)24-7-5-4-6-8-24;3-2(4,5)1(6)7/h4-16,21-22,34H,17-19H2,1-3H3,(H2,35,36,40);(H,6,7)/t21-,22+;. The number of aromatic nitrogens is 2. The summed E-state index contributed by atoms with van der Waals surface area (Å²) < 4.78 is 33.1. The zero-order chi connectivity index (χ0) is 34.3. The summed E-state index contributed by atoms with van der Waals surface area (Å²) in [7, 11) is 0. The van der Waals surface area contributed by atoms with Gasteiger partial charge in [-0.25, -0.2) is 14.3 Å². The lowest BCUT2D eigenvalue weighted by Gasteiger charge is -2.37. The molecule has 3 aromatic carbocycles. The van der Waals surface area contributed by atoms with Gasteiger partial charge in [-0.15, -0.1) is 0 Å². The lowest BCUT2D eigenvalue weighted by Crippen LogP contribution is -2.54. The van der Waals surface area contributed by atoms with Gasteiger partial charge < -0.3 is 26.0 Å². The highest BCUT2D eigenvalue weighted by Gasteiger charge is 2.38. The Morgan fingerprint density at radius 2 is 1.57 bits per heavy atom. The Bertz CT molecular complexity index is 1760. The van der Waals surface area contributed by atoms with Crippen LogP contribution in [0.1, 0.15) is 25.0 Å². The second-order valence-electron chi connectivity index (χ2n) is 11.2. The number of rotatable bonds is 6. The maximum absolute atomic E-state index is 13.1. The van der Waals surface area contributed by atoms with Crippen LogP contribution in [0.2, 0.25) is 5.02 Å². The van der Waals surface area contributed by atoms with Crippen LogP contribution < -0.4 is 26.4 Å². The van der Waals surface area contributed by atoms with Crippen molar-refractivity contribution < 1.29 is 27.9 Å². The van der Waals surface area contributed by atoms with E-state index in [4.69, 9.17) is 21.5 Å². The van der Waals surface area contributed by atoms with E-state index in [2.05, 4.69) is 39.8 Å². The molecule has 0 bridgehead atoms. The number of carbonyl (C=O) groups excluding carboxylic acids is 1. The molecular formula is C33H34ClF3N6O4. The summed E-state index contributed by atoms with van der Waals surface area (Å²) >= 11 is 6.54. The molecule has 2 amide bonds. The Morgan fingerprint density at radius 1 is 0.979 bits per heavy atom. The fourth-order valence-corrected chi connectivity index (χ4v) is 5.32. The Kier molecular flexibility index (Phi) is 11.3. The van der Waals surface area contributed by atoms with Gasteiger partial charge >= 0.3 is 18.2 Å². The normalized spacial score (nSPS) is 16.1. The highest BCUT2D eigenvalue weighted by molar-refractivity contribution is 6.33. The van der Waals surface area contributed by atoms with Crippen LogP contribution in [0.4, 0.5) is 35.0 Å². The van der Waals surface area contributed by atoms with Gasteiger partial charge in [0, 0.05) is 36.5 Å². The molecule has 1 fully saturated rings. The molecule has 1 saturated heterocycles. The predicted octanol–water partition coefficient (Wildman–Crippen LogP) is 6.38. The Labute approximate surface area is 274 Å². The average Bonchev–Trinajstić information content (AvgIpc) is 3.01. The van der Waals surface area contributed by atoms with Crippen LogP contribution in [0.15, 0.2) is 83.8 Å². The number of carboxylic acid groups (broad SMARTS) is 1. The zero-order valence-corrected chi connectivity index (χ0v) is 26.6. The third-order valence-corrected chi connectivity index (χ3v) is 7.59. The summed E-state index contributed by atoms with van der Waals surface area (Å²) in [6, 6.07) is 23.6. The molecule has 10 nitrogen and oxygen atoms in total. The van der Waals surface area contributed by atoms with Crippen LogP contribution in [0.3, 0.4) is 0 Å². The monoisotopic (exact) mass is 670 g/mol. The third-order valence-electron chi connectivity index (χ3n) is 7.24. The zero-order valence-electron chi connectivity index (χ0n) is 25.8. The number of urea groups is 1. The minimum atomic E-state index is -5.08. The molecule has 47 heavy (non-hydrogen) atoms. The predicted molar refractivity (Wildman–Crippen MR) is 176 cm³/mol. The van der Waals surface area contributed by atoms with Gasteiger partial charge in [0.15, 0.2) is 0 Å². The molecule has 0 unspecified atom stereocenters. The number of aliphatic carboxylic acids is 1. The van der Waals surface area contributed by atoms with Crippen molar-refractivity contribution in [3.63, 3.8) is 0 Å². The lowest BCUT2D eigenvalue weighted by atomic mass is 10.1. The number of nitrogens with zero attached hydrogens (tertiary/aromatic N) is 3. The fraction of sp³-hybridized carbons (Fsp3) is 0.273. The first kappa shape index (κ1) is 35.0. The summed E-state index contributed by atoms with van der Waals surface area (Å²) in [6.45, 7) is 7.86. The van der Waals surface area contributed by atoms with Crippen molar-refractivity contribution in [2.75, 3.05) is 28.6 Å². The van der Waals surface area contributed by atoms with Crippen molar-refractivity contribution in [2.24, 2.45) is 0 Å². The second-order valence-corrected chi connectivity index (χ2v) is 11.5. The highest BCUT2D eigenvalue weighted by atomic mass is 35.5. The van der Waals surface area contributed by atoms with Crippen molar-refractivity contribution >= 4 is 40.7 Å². The van der Waals surface area contributed by atoms with Crippen LogP contribution >= 0.6 is 11.6 Å². The number of carbonyl (C=O) groups is 2. The first-order chi connectivity index (χ1) is 22.2. The van der Waals surface area contributed by atoms with Gasteiger partial charge in [0.25, 0.3) is 5.56 Å². The van der Waals surface area contributed by atoms with Crippen LogP contribution in [0.5, 0.6) is 0 Å². The molecule has 5 rings (SSSR count). The topological polar surface area (TPSA) is 129 Å². The summed E-state index contributed by atoms with van der Waals surface area (Å²) in [4.78, 5) is 36.9. The van der Waals surface area contributed by atoms with Gasteiger partial charge in [0.05, 0.1) is 18.4 Å². The number of carboxylic acids is 1. The Balaban J connectivity index is 0.000000644. The van der Waals surface area contributed by atoms with E-state index in [1.54, 1.807) is 6.20 Å². The van der Waals surface area contributed by atoms with Crippen LogP contribution in [-0.2, 0) is 11.3 Å². The number of aryl methyl sites for hydroxylation is 1. The number of benzene rings is 3. The first-order valence-electron chi connectivity index (χ1n) is 14.6. The van der Waals surface area contributed by atoms with Crippen LogP contribution in [-0.4, -0.2) is 58.2 Å². The van der Waals surface area contributed by atoms with Crippen LogP contribution in [0, 0.1) is 6.92 Å². The van der Waals surface area contributed by atoms with E-state index in [1.807, 2.05) is 79.7 Å². The van der Waals surface area contributed by atoms with E-state index in [0.717, 1.165) is 35.3 Å². The smallest absolute Gasteiger partial charge is 0.475 e. The molecule has 1 aliphatic heterocycles. The van der Waals surface area contributed by atoms with Gasteiger partial charge in [-0.2, -0.15) is 18.3 Å². The molecule has 0 radical (unpaired) electrons. The fourth-order valence-electron chi connectivity index (χ4n) is 5.05. The number of piperazine rings is 1. The first-order valence-corrected chi connectivity index (χ1v) is 15.0. The molecule has 4 N–H and O–H groups in total. The van der Waals surface area contributed by atoms with Gasteiger partial charge in [-0.1, -0.05) is 66.2 Å². The summed E-state index contributed by atoms with van der Waals surface area (Å²) in [5.74, 6) is -2.76. The molecule has 1 aromatic heterocycles. The van der Waals surface area contributed by atoms with Crippen molar-refractivity contribution in [3.8, 4) is 11.1 Å². The molecule has 14 heteroatoms. The van der Waals surface area contributed by atoms with E-state index >= 15 is 0 Å². The lowest BCUT2D eigenvalue weighted by molar-refractivity contribution is -0.192. The van der Waals surface area contributed by atoms with E-state index in [9.17, 15) is 22.8 Å². The Hall–Kier alpha value is -4.88. The molecule has 2 heterocycles. The van der Waals surface area contributed by atoms with Crippen molar-refractivity contribution in [1.82, 2.24) is 15.1 Å². The number of halogens is 4. The molecule has 2 atom stereocenters. The van der Waals surface area contributed by atoms with Crippen molar-refractivity contribution in [1.29, 1.82) is 0 Å². The Morgan fingerprint density at radius 3 is 2.17 bits per heavy atom. The number of nitrogens with one attached hydrogen (secondary N) is 3. The van der Waals surface area contributed by atoms with Crippen molar-refractivity contribution in [2.45, 2.75) is 45.6 Å². The maximum atomic E-state index is 13.1. The molecule has 1 aliphatic rings. The third kappa shape index (κ3) is 9.56. The van der Waals surface area contributed by atoms with E-state index in [1.165, 1.54) is 4.68 Å². The number of anilines is 3. The molecule has 0 aliphatic carbocycles. The second kappa shape index (κ2) is 15.1. The summed E-state index contributed by atoms with van der Waals surface area (Å²) in [6.07, 6.45) is -3.42. The SMILES string of the molecule is Cc1ccc(Cn2ncc(N3C[C@@H](C)N[C@@H](C)C3)c(Cl)c2=O)cc1NC(=O)Nc1ccc(-c2ccccc2)cc1.O=C(O)C(F)(F)F. The van der Waals surface area contributed by atoms with E-state index in [0.29, 0.717) is 17.1 Å². The minimum absolute atomic E-state index is 0.166.